The van der Waals surface area contributed by atoms with Gasteiger partial charge in [0.25, 0.3) is 0 Å². The van der Waals surface area contributed by atoms with Crippen LogP contribution in [0, 0.1) is 0 Å². The first-order valence-electron chi connectivity index (χ1n) is 5.94. The minimum atomic E-state index is -0.660. The Labute approximate surface area is 111 Å². The van der Waals surface area contributed by atoms with Crippen LogP contribution < -0.4 is 10.6 Å². The summed E-state index contributed by atoms with van der Waals surface area (Å²) < 4.78 is 4.98. The molecule has 0 heterocycles. The number of hydrogen-bond donors (Lipinski definition) is 3. The van der Waals surface area contributed by atoms with Crippen molar-refractivity contribution >= 4 is 12.0 Å². The molecule has 0 saturated heterocycles. The molecule has 0 saturated carbocycles. The normalized spacial score (nSPS) is 11.5. The molecule has 0 unspecified atom stereocenters. The summed E-state index contributed by atoms with van der Waals surface area (Å²) in [5.74, 6) is -0.262. The Kier molecular flexibility index (Phi) is 6.38. The summed E-state index contributed by atoms with van der Waals surface area (Å²) in [6, 6.07) is 8.58. The van der Waals surface area contributed by atoms with Gasteiger partial charge in [-0.1, -0.05) is 30.3 Å². The Morgan fingerprint density at radius 2 is 2.00 bits per heavy atom. The van der Waals surface area contributed by atoms with Crippen LogP contribution in [0.2, 0.25) is 0 Å². The molecular formula is C13H18N2O4. The summed E-state index contributed by atoms with van der Waals surface area (Å²) in [4.78, 5) is 22.6. The number of ether oxygens (including phenoxy) is 1. The summed E-state index contributed by atoms with van der Waals surface area (Å²) in [5.41, 5.74) is 0.865. The number of carbonyl (C=O) groups is 2. The molecule has 0 aromatic heterocycles. The van der Waals surface area contributed by atoms with Crippen LogP contribution in [0.4, 0.5) is 4.79 Å². The van der Waals surface area contributed by atoms with Gasteiger partial charge >= 0.3 is 6.09 Å². The molecule has 3 N–H and O–H groups in total. The smallest absolute Gasteiger partial charge is 0.407 e. The number of hydrogen-bond acceptors (Lipinski definition) is 4. The quantitative estimate of drug-likeness (QED) is 0.696. The SMILES string of the molecule is CNC(=O)C[C@@H](CO)NC(=O)OCc1ccccc1. The molecular weight excluding hydrogens is 248 g/mol. The molecule has 1 atom stereocenters. The number of amides is 2. The summed E-state index contributed by atoms with van der Waals surface area (Å²) >= 11 is 0. The van der Waals surface area contributed by atoms with Crippen molar-refractivity contribution < 1.29 is 19.4 Å². The fraction of sp³-hybridized carbons (Fsp3) is 0.385. The fourth-order valence-electron chi connectivity index (χ4n) is 1.42. The van der Waals surface area contributed by atoms with Crippen LogP contribution in [0.3, 0.4) is 0 Å². The number of aliphatic hydroxyl groups excluding tert-OH is 1. The third kappa shape index (κ3) is 5.87. The molecule has 104 valence electrons. The van der Waals surface area contributed by atoms with Crippen LogP contribution in [0.25, 0.3) is 0 Å². The van der Waals surface area contributed by atoms with E-state index in [1.165, 1.54) is 7.05 Å². The maximum atomic E-state index is 11.5. The van der Waals surface area contributed by atoms with Crippen molar-refractivity contribution in [1.82, 2.24) is 10.6 Å². The second kappa shape index (κ2) is 8.10. The van der Waals surface area contributed by atoms with E-state index < -0.39 is 12.1 Å². The molecule has 0 fully saturated rings. The zero-order valence-corrected chi connectivity index (χ0v) is 10.8. The molecule has 0 aliphatic heterocycles. The van der Waals surface area contributed by atoms with Crippen molar-refractivity contribution in [2.75, 3.05) is 13.7 Å². The molecule has 19 heavy (non-hydrogen) atoms. The zero-order chi connectivity index (χ0) is 14.1. The molecule has 1 aromatic rings. The maximum absolute atomic E-state index is 11.5. The van der Waals surface area contributed by atoms with Gasteiger partial charge in [0, 0.05) is 13.5 Å². The van der Waals surface area contributed by atoms with Crippen LogP contribution in [-0.2, 0) is 16.1 Å². The fourth-order valence-corrected chi connectivity index (χ4v) is 1.42. The summed E-state index contributed by atoms with van der Waals surface area (Å²) in [5, 5.41) is 13.9. The largest absolute Gasteiger partial charge is 0.445 e. The first kappa shape index (κ1) is 15.0. The minimum absolute atomic E-state index is 0.00738. The third-order valence-corrected chi connectivity index (χ3v) is 2.47. The number of aliphatic hydroxyl groups is 1. The van der Waals surface area contributed by atoms with Gasteiger partial charge in [-0.15, -0.1) is 0 Å². The summed E-state index contributed by atoms with van der Waals surface area (Å²) in [6.45, 7) is -0.182. The first-order valence-corrected chi connectivity index (χ1v) is 5.94. The van der Waals surface area contributed by atoms with E-state index in [0.717, 1.165) is 5.56 Å². The number of carbonyl (C=O) groups excluding carboxylic acids is 2. The average molecular weight is 266 g/mol. The molecule has 2 amide bonds. The van der Waals surface area contributed by atoms with Gasteiger partial charge in [0.2, 0.25) is 5.91 Å². The Balaban J connectivity index is 2.35. The van der Waals surface area contributed by atoms with Gasteiger partial charge in [-0.25, -0.2) is 4.79 Å². The molecule has 6 heteroatoms. The van der Waals surface area contributed by atoms with Crippen molar-refractivity contribution in [3.63, 3.8) is 0 Å². The minimum Gasteiger partial charge on any atom is -0.445 e. The predicted molar refractivity (Wildman–Crippen MR) is 69.3 cm³/mol. The van der Waals surface area contributed by atoms with Crippen molar-refractivity contribution in [3.05, 3.63) is 35.9 Å². The number of nitrogens with one attached hydrogen (secondary N) is 2. The topological polar surface area (TPSA) is 87.7 Å². The summed E-state index contributed by atoms with van der Waals surface area (Å²) in [7, 11) is 1.49. The van der Waals surface area contributed by atoms with Crippen molar-refractivity contribution in [2.24, 2.45) is 0 Å². The van der Waals surface area contributed by atoms with Crippen molar-refractivity contribution in [1.29, 1.82) is 0 Å². The highest BCUT2D eigenvalue weighted by atomic mass is 16.5. The van der Waals surface area contributed by atoms with Crippen molar-refractivity contribution in [3.8, 4) is 0 Å². The molecule has 0 bridgehead atoms. The maximum Gasteiger partial charge on any atom is 0.407 e. The molecule has 1 aromatic carbocycles. The van der Waals surface area contributed by atoms with E-state index in [1.807, 2.05) is 30.3 Å². The van der Waals surface area contributed by atoms with Crippen LogP contribution >= 0.6 is 0 Å². The lowest BCUT2D eigenvalue weighted by Gasteiger charge is -2.15. The number of benzene rings is 1. The van der Waals surface area contributed by atoms with Gasteiger partial charge in [0.15, 0.2) is 0 Å². The molecule has 1 rings (SSSR count). The van der Waals surface area contributed by atoms with Gasteiger partial charge in [0.1, 0.15) is 6.61 Å². The van der Waals surface area contributed by atoms with Crippen LogP contribution in [0.5, 0.6) is 0 Å². The molecule has 0 spiro atoms. The lowest BCUT2D eigenvalue weighted by molar-refractivity contribution is -0.121. The van der Waals surface area contributed by atoms with Crippen LogP contribution in [0.1, 0.15) is 12.0 Å². The van der Waals surface area contributed by atoms with Gasteiger partial charge < -0.3 is 20.5 Å². The molecule has 6 nitrogen and oxygen atoms in total. The van der Waals surface area contributed by atoms with Gasteiger partial charge in [-0.2, -0.15) is 0 Å². The Morgan fingerprint density at radius 1 is 1.32 bits per heavy atom. The highest BCUT2D eigenvalue weighted by Crippen LogP contribution is 2.01. The Bertz CT molecular complexity index is 408. The van der Waals surface area contributed by atoms with E-state index in [-0.39, 0.29) is 25.5 Å². The van der Waals surface area contributed by atoms with E-state index >= 15 is 0 Å². The highest BCUT2D eigenvalue weighted by Gasteiger charge is 2.15. The van der Waals surface area contributed by atoms with Crippen LogP contribution in [0.15, 0.2) is 30.3 Å². The second-order valence-corrected chi connectivity index (χ2v) is 3.96. The standard InChI is InChI=1S/C13H18N2O4/c1-14-12(17)7-11(8-16)15-13(18)19-9-10-5-3-2-4-6-10/h2-6,11,16H,7-9H2,1H3,(H,14,17)(H,15,18)/t11-/m0/s1. The van der Waals surface area contributed by atoms with Gasteiger partial charge in [0.05, 0.1) is 12.6 Å². The number of rotatable bonds is 6. The lowest BCUT2D eigenvalue weighted by atomic mass is 10.2. The van der Waals surface area contributed by atoms with Gasteiger partial charge in [-0.05, 0) is 5.56 Å². The van der Waals surface area contributed by atoms with E-state index in [4.69, 9.17) is 9.84 Å². The monoisotopic (exact) mass is 266 g/mol. The average Bonchev–Trinajstić information content (AvgIpc) is 2.45. The molecule has 0 aliphatic rings. The predicted octanol–water partition coefficient (Wildman–Crippen LogP) is 0.410. The Morgan fingerprint density at radius 3 is 2.58 bits per heavy atom. The van der Waals surface area contributed by atoms with E-state index in [1.54, 1.807) is 0 Å². The molecule has 0 radical (unpaired) electrons. The van der Waals surface area contributed by atoms with E-state index in [2.05, 4.69) is 10.6 Å². The number of alkyl carbamates (subject to hydrolysis) is 1. The highest BCUT2D eigenvalue weighted by molar-refractivity contribution is 5.77. The third-order valence-electron chi connectivity index (χ3n) is 2.47. The second-order valence-electron chi connectivity index (χ2n) is 3.96. The zero-order valence-electron chi connectivity index (χ0n) is 10.8. The summed E-state index contributed by atoms with van der Waals surface area (Å²) in [6.07, 6.45) is -0.653. The lowest BCUT2D eigenvalue weighted by Crippen LogP contribution is -2.41. The van der Waals surface area contributed by atoms with Gasteiger partial charge in [-0.3, -0.25) is 4.79 Å². The Hall–Kier alpha value is -2.08. The molecule has 0 aliphatic carbocycles. The van der Waals surface area contributed by atoms with E-state index in [0.29, 0.717) is 0 Å². The first-order chi connectivity index (χ1) is 9.15. The van der Waals surface area contributed by atoms with Crippen molar-refractivity contribution in [2.45, 2.75) is 19.1 Å². The van der Waals surface area contributed by atoms with Crippen LogP contribution in [-0.4, -0.2) is 36.8 Å². The van der Waals surface area contributed by atoms with E-state index in [9.17, 15) is 9.59 Å².